The lowest BCUT2D eigenvalue weighted by Crippen LogP contribution is -1.92. The van der Waals surface area contributed by atoms with Gasteiger partial charge in [0.2, 0.25) is 0 Å². The molecule has 0 spiro atoms. The van der Waals surface area contributed by atoms with Crippen LogP contribution in [0.25, 0.3) is 11.4 Å². The van der Waals surface area contributed by atoms with E-state index in [1.165, 1.54) is 0 Å². The summed E-state index contributed by atoms with van der Waals surface area (Å²) in [5.74, 6) is 0. The van der Waals surface area contributed by atoms with E-state index in [9.17, 15) is 4.79 Å². The second-order valence-electron chi connectivity index (χ2n) is 2.31. The van der Waals surface area contributed by atoms with Crippen molar-refractivity contribution in [2.45, 2.75) is 6.92 Å². The molecular formula is C7H6N2OS2. The van der Waals surface area contributed by atoms with E-state index >= 15 is 0 Å². The van der Waals surface area contributed by atoms with Gasteiger partial charge in [-0.2, -0.15) is 0 Å². The topological polar surface area (TPSA) is 45.8 Å². The van der Waals surface area contributed by atoms with Crippen LogP contribution in [0.2, 0.25) is 0 Å². The van der Waals surface area contributed by atoms with Gasteiger partial charge in [-0.15, -0.1) is 11.3 Å². The SMILES string of the molecule is Cc1nc(-c2csc(=O)[nH]2)cs1. The second-order valence-corrected chi connectivity index (χ2v) is 4.22. The molecule has 12 heavy (non-hydrogen) atoms. The standard InChI is InChI=1S/C7H6N2OS2/c1-4-8-5(2-11-4)6-3-12-7(10)9-6/h2-3H,1H3,(H,9,10). The summed E-state index contributed by atoms with van der Waals surface area (Å²) < 4.78 is 0. The minimum atomic E-state index is -0.0318. The average Bonchev–Trinajstić information content (AvgIpc) is 2.58. The maximum absolute atomic E-state index is 10.8. The van der Waals surface area contributed by atoms with Crippen LogP contribution in [0.3, 0.4) is 0 Å². The molecule has 2 rings (SSSR count). The first-order valence-electron chi connectivity index (χ1n) is 3.36. The van der Waals surface area contributed by atoms with E-state index in [0.717, 1.165) is 27.7 Å². The number of nitrogens with one attached hydrogen (secondary N) is 1. The lowest BCUT2D eigenvalue weighted by Gasteiger charge is -1.85. The monoisotopic (exact) mass is 198 g/mol. The second kappa shape index (κ2) is 2.84. The minimum Gasteiger partial charge on any atom is -0.311 e. The third-order valence-corrected chi connectivity index (χ3v) is 2.86. The van der Waals surface area contributed by atoms with Crippen LogP contribution in [0.5, 0.6) is 0 Å². The van der Waals surface area contributed by atoms with Crippen molar-refractivity contribution in [1.29, 1.82) is 0 Å². The molecule has 0 aromatic carbocycles. The fourth-order valence-corrected chi connectivity index (χ4v) is 2.08. The number of hydrogen-bond donors (Lipinski definition) is 1. The summed E-state index contributed by atoms with van der Waals surface area (Å²) in [6, 6.07) is 0. The molecule has 3 nitrogen and oxygen atoms in total. The zero-order valence-corrected chi connectivity index (χ0v) is 7.96. The van der Waals surface area contributed by atoms with Crippen molar-refractivity contribution >= 4 is 22.7 Å². The molecule has 0 fully saturated rings. The van der Waals surface area contributed by atoms with Crippen LogP contribution in [0, 0.1) is 6.92 Å². The van der Waals surface area contributed by atoms with E-state index in [1.54, 1.807) is 16.7 Å². The first-order chi connectivity index (χ1) is 5.75. The van der Waals surface area contributed by atoms with E-state index < -0.39 is 0 Å². The third-order valence-electron chi connectivity index (χ3n) is 1.42. The zero-order valence-electron chi connectivity index (χ0n) is 6.33. The first-order valence-corrected chi connectivity index (χ1v) is 5.12. The van der Waals surface area contributed by atoms with Gasteiger partial charge in [0, 0.05) is 10.8 Å². The van der Waals surface area contributed by atoms with Gasteiger partial charge in [-0.25, -0.2) is 4.98 Å². The summed E-state index contributed by atoms with van der Waals surface area (Å²) in [6.07, 6.45) is 0. The summed E-state index contributed by atoms with van der Waals surface area (Å²) >= 11 is 2.74. The van der Waals surface area contributed by atoms with E-state index in [2.05, 4.69) is 9.97 Å². The molecule has 0 aliphatic carbocycles. The molecule has 2 aromatic rings. The lowest BCUT2D eigenvalue weighted by atomic mass is 10.4. The molecule has 62 valence electrons. The molecular weight excluding hydrogens is 192 g/mol. The Bertz CT molecular complexity index is 440. The molecule has 0 saturated heterocycles. The largest absolute Gasteiger partial charge is 0.311 e. The number of aromatic amines is 1. The average molecular weight is 198 g/mol. The predicted molar refractivity (Wildman–Crippen MR) is 50.8 cm³/mol. The summed E-state index contributed by atoms with van der Waals surface area (Å²) in [5, 5.41) is 4.74. The molecule has 0 aliphatic rings. The molecule has 2 aromatic heterocycles. The fourth-order valence-electron chi connectivity index (χ4n) is 0.893. The highest BCUT2D eigenvalue weighted by Crippen LogP contribution is 2.19. The normalized spacial score (nSPS) is 10.4. The highest BCUT2D eigenvalue weighted by Gasteiger charge is 2.03. The number of hydrogen-bond acceptors (Lipinski definition) is 4. The predicted octanol–water partition coefficient (Wildman–Crippen LogP) is 1.87. The minimum absolute atomic E-state index is 0.0318. The lowest BCUT2D eigenvalue weighted by molar-refractivity contribution is 1.25. The summed E-state index contributed by atoms with van der Waals surface area (Å²) in [7, 11) is 0. The maximum Gasteiger partial charge on any atom is 0.304 e. The van der Waals surface area contributed by atoms with Gasteiger partial charge in [0.1, 0.15) is 0 Å². The molecule has 0 unspecified atom stereocenters. The molecule has 0 atom stereocenters. The highest BCUT2D eigenvalue weighted by molar-refractivity contribution is 7.10. The van der Waals surface area contributed by atoms with Crippen LogP contribution in [-0.2, 0) is 0 Å². The molecule has 2 heterocycles. The number of aromatic nitrogens is 2. The highest BCUT2D eigenvalue weighted by atomic mass is 32.1. The maximum atomic E-state index is 10.8. The van der Waals surface area contributed by atoms with Gasteiger partial charge in [-0.05, 0) is 6.92 Å². The van der Waals surface area contributed by atoms with Gasteiger partial charge >= 0.3 is 4.87 Å². The van der Waals surface area contributed by atoms with Gasteiger partial charge in [-0.3, -0.25) is 4.79 Å². The molecule has 0 aliphatic heterocycles. The number of aryl methyl sites for hydroxylation is 1. The number of thiazole rings is 2. The molecule has 0 radical (unpaired) electrons. The van der Waals surface area contributed by atoms with Crippen molar-refractivity contribution in [3.63, 3.8) is 0 Å². The quantitative estimate of drug-likeness (QED) is 0.760. The van der Waals surface area contributed by atoms with Crippen molar-refractivity contribution in [3.8, 4) is 11.4 Å². The fraction of sp³-hybridized carbons (Fsp3) is 0.143. The van der Waals surface area contributed by atoms with E-state index in [1.807, 2.05) is 12.3 Å². The van der Waals surface area contributed by atoms with Gasteiger partial charge in [-0.1, -0.05) is 11.3 Å². The molecule has 0 bridgehead atoms. The van der Waals surface area contributed by atoms with Crippen molar-refractivity contribution < 1.29 is 0 Å². The Labute approximate surface area is 76.7 Å². The van der Waals surface area contributed by atoms with Crippen LogP contribution in [-0.4, -0.2) is 9.97 Å². The Morgan fingerprint density at radius 2 is 2.25 bits per heavy atom. The molecule has 5 heteroatoms. The molecule has 0 saturated carbocycles. The van der Waals surface area contributed by atoms with E-state index in [-0.39, 0.29) is 4.87 Å². The van der Waals surface area contributed by atoms with Crippen molar-refractivity contribution in [2.75, 3.05) is 0 Å². The number of H-pyrrole nitrogens is 1. The third kappa shape index (κ3) is 1.33. The van der Waals surface area contributed by atoms with Crippen molar-refractivity contribution in [1.82, 2.24) is 9.97 Å². The van der Waals surface area contributed by atoms with Gasteiger partial charge in [0.25, 0.3) is 0 Å². The van der Waals surface area contributed by atoms with Crippen LogP contribution in [0.4, 0.5) is 0 Å². The van der Waals surface area contributed by atoms with Gasteiger partial charge < -0.3 is 4.98 Å². The summed E-state index contributed by atoms with van der Waals surface area (Å²) in [6.45, 7) is 1.94. The van der Waals surface area contributed by atoms with Gasteiger partial charge in [0.05, 0.1) is 16.4 Å². The van der Waals surface area contributed by atoms with Crippen molar-refractivity contribution in [3.05, 3.63) is 25.4 Å². The number of rotatable bonds is 1. The Balaban J connectivity index is 2.50. The Kier molecular flexibility index (Phi) is 1.82. The van der Waals surface area contributed by atoms with Crippen LogP contribution >= 0.6 is 22.7 Å². The molecule has 1 N–H and O–H groups in total. The summed E-state index contributed by atoms with van der Waals surface area (Å²) in [5.41, 5.74) is 1.67. The Morgan fingerprint density at radius 3 is 2.75 bits per heavy atom. The summed E-state index contributed by atoms with van der Waals surface area (Å²) in [4.78, 5) is 17.7. The zero-order chi connectivity index (χ0) is 8.55. The van der Waals surface area contributed by atoms with Crippen molar-refractivity contribution in [2.24, 2.45) is 0 Å². The van der Waals surface area contributed by atoms with Crippen LogP contribution < -0.4 is 4.87 Å². The smallest absolute Gasteiger partial charge is 0.304 e. The van der Waals surface area contributed by atoms with E-state index in [0.29, 0.717) is 0 Å². The Hall–Kier alpha value is -0.940. The van der Waals surface area contributed by atoms with Gasteiger partial charge in [0.15, 0.2) is 0 Å². The van der Waals surface area contributed by atoms with Crippen LogP contribution in [0.15, 0.2) is 15.6 Å². The van der Waals surface area contributed by atoms with E-state index in [4.69, 9.17) is 0 Å². The number of nitrogens with zero attached hydrogens (tertiary/aromatic N) is 1. The van der Waals surface area contributed by atoms with Crippen LogP contribution in [0.1, 0.15) is 5.01 Å². The molecule has 0 amide bonds. The first kappa shape index (κ1) is 7.70. The Morgan fingerprint density at radius 1 is 1.42 bits per heavy atom.